The number of nitrogens with zero attached hydrogens (tertiary/aromatic N) is 1. The number of esters is 1. The molecule has 5 nitrogen and oxygen atoms in total. The van der Waals surface area contributed by atoms with E-state index in [0.717, 1.165) is 16.3 Å². The smallest absolute Gasteiger partial charge is 0.385 e. The SMILES string of the molecule is COC(=O)[C@]1([N+](=O)[O-])C[C@H]1c1cccc2ccccc12. The Balaban J connectivity index is 2.10. The molecule has 0 heterocycles. The molecule has 20 heavy (non-hydrogen) atoms. The average molecular weight is 271 g/mol. The molecule has 102 valence electrons. The van der Waals surface area contributed by atoms with Crippen molar-refractivity contribution < 1.29 is 14.5 Å². The molecular formula is C15H13NO4. The molecule has 2 atom stereocenters. The van der Waals surface area contributed by atoms with Gasteiger partial charge in [0.05, 0.1) is 13.0 Å². The van der Waals surface area contributed by atoms with E-state index in [1.54, 1.807) is 0 Å². The molecule has 0 aliphatic heterocycles. The first-order valence-electron chi connectivity index (χ1n) is 6.32. The normalized spacial score (nSPS) is 24.4. The van der Waals surface area contributed by atoms with E-state index in [1.165, 1.54) is 7.11 Å². The van der Waals surface area contributed by atoms with Crippen LogP contribution >= 0.6 is 0 Å². The Bertz CT molecular complexity index is 707. The zero-order chi connectivity index (χ0) is 14.3. The third kappa shape index (κ3) is 1.59. The van der Waals surface area contributed by atoms with Gasteiger partial charge >= 0.3 is 11.5 Å². The third-order valence-corrected chi connectivity index (χ3v) is 4.00. The molecule has 1 aliphatic carbocycles. The van der Waals surface area contributed by atoms with E-state index >= 15 is 0 Å². The monoisotopic (exact) mass is 271 g/mol. The second-order valence-electron chi connectivity index (χ2n) is 5.00. The standard InChI is InChI=1S/C15H13NO4/c1-20-14(17)15(16(18)19)9-13(15)12-8-4-6-10-5-2-3-7-11(10)12/h2-8,13H,9H2,1H3/t13-,15-/m0/s1. The minimum absolute atomic E-state index is 0.195. The van der Waals surface area contributed by atoms with Gasteiger partial charge in [-0.15, -0.1) is 0 Å². The van der Waals surface area contributed by atoms with Crippen LogP contribution in [0.4, 0.5) is 0 Å². The minimum Gasteiger partial charge on any atom is -0.464 e. The summed E-state index contributed by atoms with van der Waals surface area (Å²) in [6, 6.07) is 13.3. The van der Waals surface area contributed by atoms with E-state index in [1.807, 2.05) is 42.5 Å². The van der Waals surface area contributed by atoms with Gasteiger partial charge in [-0.05, 0) is 16.3 Å². The highest BCUT2D eigenvalue weighted by Gasteiger charge is 2.74. The van der Waals surface area contributed by atoms with Crippen LogP contribution in [0.25, 0.3) is 10.8 Å². The summed E-state index contributed by atoms with van der Waals surface area (Å²) < 4.78 is 4.62. The summed E-state index contributed by atoms with van der Waals surface area (Å²) in [7, 11) is 1.19. The number of carbonyl (C=O) groups is 1. The fourth-order valence-electron chi connectivity index (χ4n) is 2.85. The van der Waals surface area contributed by atoms with Gasteiger partial charge in [0.1, 0.15) is 0 Å². The van der Waals surface area contributed by atoms with Crippen LogP contribution in [0, 0.1) is 10.1 Å². The number of hydrogen-bond donors (Lipinski definition) is 0. The highest BCUT2D eigenvalue weighted by atomic mass is 16.6. The van der Waals surface area contributed by atoms with Crippen LogP contribution in [0.1, 0.15) is 17.9 Å². The van der Waals surface area contributed by atoms with Crippen LogP contribution in [0.15, 0.2) is 42.5 Å². The first-order chi connectivity index (χ1) is 9.61. The van der Waals surface area contributed by atoms with E-state index in [0.29, 0.717) is 0 Å². The number of ether oxygens (including phenoxy) is 1. The van der Waals surface area contributed by atoms with Crippen LogP contribution in [0.2, 0.25) is 0 Å². The van der Waals surface area contributed by atoms with Crippen molar-refractivity contribution in [2.24, 2.45) is 0 Å². The first-order valence-corrected chi connectivity index (χ1v) is 6.32. The van der Waals surface area contributed by atoms with Gasteiger partial charge in [0.15, 0.2) is 0 Å². The van der Waals surface area contributed by atoms with Gasteiger partial charge in [-0.3, -0.25) is 10.1 Å². The largest absolute Gasteiger partial charge is 0.464 e. The van der Waals surface area contributed by atoms with Crippen molar-refractivity contribution in [3.63, 3.8) is 0 Å². The van der Waals surface area contributed by atoms with E-state index in [-0.39, 0.29) is 6.42 Å². The number of carbonyl (C=O) groups excluding carboxylic acids is 1. The molecule has 1 saturated carbocycles. The lowest BCUT2D eigenvalue weighted by Gasteiger charge is -2.09. The molecule has 0 N–H and O–H groups in total. The van der Waals surface area contributed by atoms with Crippen molar-refractivity contribution in [3.05, 3.63) is 58.1 Å². The van der Waals surface area contributed by atoms with E-state index < -0.39 is 22.3 Å². The quantitative estimate of drug-likeness (QED) is 0.488. The van der Waals surface area contributed by atoms with Gasteiger partial charge in [0, 0.05) is 11.3 Å². The van der Waals surface area contributed by atoms with Gasteiger partial charge in [0.2, 0.25) is 0 Å². The average Bonchev–Trinajstić information content (AvgIpc) is 3.22. The Morgan fingerprint density at radius 3 is 2.70 bits per heavy atom. The Kier molecular flexibility index (Phi) is 2.71. The van der Waals surface area contributed by atoms with Gasteiger partial charge in [-0.1, -0.05) is 42.5 Å². The number of nitro groups is 1. The maximum atomic E-state index is 11.8. The number of hydrogen-bond acceptors (Lipinski definition) is 4. The highest BCUT2D eigenvalue weighted by molar-refractivity contribution is 5.91. The molecule has 3 rings (SSSR count). The Morgan fingerprint density at radius 1 is 1.30 bits per heavy atom. The first kappa shape index (κ1) is 12.6. The number of rotatable bonds is 3. The fraction of sp³-hybridized carbons (Fsp3) is 0.267. The van der Waals surface area contributed by atoms with Crippen molar-refractivity contribution in [1.29, 1.82) is 0 Å². The van der Waals surface area contributed by atoms with E-state index in [9.17, 15) is 14.9 Å². The summed E-state index contributed by atoms with van der Waals surface area (Å²) >= 11 is 0. The van der Waals surface area contributed by atoms with Crippen LogP contribution in [-0.2, 0) is 9.53 Å². The number of benzene rings is 2. The summed E-state index contributed by atoms with van der Waals surface area (Å²) in [5, 5.41) is 13.3. The zero-order valence-electron chi connectivity index (χ0n) is 10.9. The van der Waals surface area contributed by atoms with Crippen molar-refractivity contribution >= 4 is 16.7 Å². The number of methoxy groups -OCH3 is 1. The maximum absolute atomic E-state index is 11.8. The molecule has 0 spiro atoms. The van der Waals surface area contributed by atoms with Crippen LogP contribution < -0.4 is 0 Å². The molecule has 0 amide bonds. The lowest BCUT2D eigenvalue weighted by atomic mass is 9.99. The van der Waals surface area contributed by atoms with Crippen molar-refractivity contribution in [2.75, 3.05) is 7.11 Å². The van der Waals surface area contributed by atoms with E-state index in [2.05, 4.69) is 4.74 Å². The van der Waals surface area contributed by atoms with Crippen molar-refractivity contribution in [1.82, 2.24) is 0 Å². The summed E-state index contributed by atoms with van der Waals surface area (Å²) in [6.45, 7) is 0. The van der Waals surface area contributed by atoms with Gasteiger partial charge in [-0.25, -0.2) is 4.79 Å². The molecular weight excluding hydrogens is 258 g/mol. The lowest BCUT2D eigenvalue weighted by Crippen LogP contribution is -2.34. The Morgan fingerprint density at radius 2 is 2.00 bits per heavy atom. The molecule has 0 unspecified atom stereocenters. The second kappa shape index (κ2) is 4.30. The van der Waals surface area contributed by atoms with Gasteiger partial charge in [-0.2, -0.15) is 0 Å². The zero-order valence-corrected chi connectivity index (χ0v) is 10.9. The summed E-state index contributed by atoms with van der Waals surface area (Å²) in [4.78, 5) is 22.6. The molecule has 1 aliphatic rings. The summed E-state index contributed by atoms with van der Waals surface area (Å²) in [6.07, 6.45) is 0.195. The third-order valence-electron chi connectivity index (χ3n) is 4.00. The van der Waals surface area contributed by atoms with Crippen LogP contribution in [0.5, 0.6) is 0 Å². The number of fused-ring (bicyclic) bond motifs is 1. The highest BCUT2D eigenvalue weighted by Crippen LogP contribution is 2.55. The second-order valence-corrected chi connectivity index (χ2v) is 5.00. The molecule has 0 bridgehead atoms. The Labute approximate surface area is 115 Å². The van der Waals surface area contributed by atoms with Crippen LogP contribution in [0.3, 0.4) is 0 Å². The van der Waals surface area contributed by atoms with Crippen LogP contribution in [-0.4, -0.2) is 23.5 Å². The fourth-order valence-corrected chi connectivity index (χ4v) is 2.85. The van der Waals surface area contributed by atoms with Gasteiger partial charge in [0.25, 0.3) is 0 Å². The minimum atomic E-state index is -1.61. The van der Waals surface area contributed by atoms with Gasteiger partial charge < -0.3 is 4.74 Å². The summed E-state index contributed by atoms with van der Waals surface area (Å²) in [5.41, 5.74) is -0.774. The molecule has 2 aromatic rings. The Hall–Kier alpha value is -2.43. The van der Waals surface area contributed by atoms with Crippen molar-refractivity contribution in [3.8, 4) is 0 Å². The topological polar surface area (TPSA) is 69.4 Å². The molecule has 0 saturated heterocycles. The summed E-state index contributed by atoms with van der Waals surface area (Å²) in [5.74, 6) is -1.18. The predicted molar refractivity (Wildman–Crippen MR) is 73.0 cm³/mol. The van der Waals surface area contributed by atoms with E-state index in [4.69, 9.17) is 0 Å². The maximum Gasteiger partial charge on any atom is 0.385 e. The molecule has 0 aromatic heterocycles. The molecule has 0 radical (unpaired) electrons. The van der Waals surface area contributed by atoms with Crippen molar-refractivity contribution in [2.45, 2.75) is 17.9 Å². The molecule has 1 fully saturated rings. The lowest BCUT2D eigenvalue weighted by molar-refractivity contribution is -0.526. The molecule has 2 aromatic carbocycles. The predicted octanol–water partition coefficient (Wildman–Crippen LogP) is 2.52. The molecule has 5 heteroatoms.